The lowest BCUT2D eigenvalue weighted by Crippen LogP contribution is -2.30. The first-order valence-corrected chi connectivity index (χ1v) is 12.1. The second-order valence-electron chi connectivity index (χ2n) is 9.11. The summed E-state index contributed by atoms with van der Waals surface area (Å²) in [6.07, 6.45) is 3.64. The Morgan fingerprint density at radius 2 is 1.59 bits per heavy atom. The van der Waals surface area contributed by atoms with Gasteiger partial charge in [-0.2, -0.15) is 5.10 Å². The highest BCUT2D eigenvalue weighted by atomic mass is 16.5. The van der Waals surface area contributed by atoms with E-state index in [0.29, 0.717) is 6.42 Å². The molecule has 174 valence electrons. The molecule has 1 fully saturated rings. The summed E-state index contributed by atoms with van der Waals surface area (Å²) < 4.78 is 7.08. The second-order valence-corrected chi connectivity index (χ2v) is 9.11. The van der Waals surface area contributed by atoms with Gasteiger partial charge in [0.25, 0.3) is 5.56 Å². The fourth-order valence-corrected chi connectivity index (χ4v) is 4.97. The second kappa shape index (κ2) is 10.2. The maximum absolute atomic E-state index is 13.5. The first kappa shape index (κ1) is 22.4. The average molecular weight is 454 g/mol. The highest BCUT2D eigenvalue weighted by molar-refractivity contribution is 5.83. The van der Waals surface area contributed by atoms with Crippen LogP contribution in [0.3, 0.4) is 0 Å². The minimum absolute atomic E-state index is 0.0237. The van der Waals surface area contributed by atoms with Gasteiger partial charge in [0.15, 0.2) is 0 Å². The first-order valence-electron chi connectivity index (χ1n) is 12.1. The maximum atomic E-state index is 13.5. The van der Waals surface area contributed by atoms with Gasteiger partial charge in [-0.15, -0.1) is 0 Å². The number of likely N-dealkylation sites (tertiary alicyclic amines) is 1. The molecule has 1 aliphatic rings. The molecule has 0 radical (unpaired) electrons. The smallest absolute Gasteiger partial charge is 0.274 e. The molecule has 5 rings (SSSR count). The van der Waals surface area contributed by atoms with Crippen LogP contribution >= 0.6 is 0 Å². The predicted octanol–water partition coefficient (Wildman–Crippen LogP) is 5.22. The molecule has 3 aromatic carbocycles. The van der Waals surface area contributed by atoms with Crippen LogP contribution in [0.15, 0.2) is 83.7 Å². The summed E-state index contributed by atoms with van der Waals surface area (Å²) in [5.74, 6) is 0.838. The fraction of sp³-hybridized carbons (Fsp3) is 0.310. The van der Waals surface area contributed by atoms with Gasteiger partial charge in [0.05, 0.1) is 24.2 Å². The van der Waals surface area contributed by atoms with Crippen LogP contribution in [0.4, 0.5) is 0 Å². The molecule has 5 heteroatoms. The third-order valence-electron chi connectivity index (χ3n) is 6.82. The van der Waals surface area contributed by atoms with Gasteiger partial charge in [-0.3, -0.25) is 9.69 Å². The van der Waals surface area contributed by atoms with E-state index < -0.39 is 0 Å². The molecule has 1 unspecified atom stereocenters. The Labute approximate surface area is 200 Å². The zero-order valence-corrected chi connectivity index (χ0v) is 19.7. The first-order chi connectivity index (χ1) is 16.7. The summed E-state index contributed by atoms with van der Waals surface area (Å²) >= 11 is 0. The van der Waals surface area contributed by atoms with Gasteiger partial charge >= 0.3 is 0 Å². The summed E-state index contributed by atoms with van der Waals surface area (Å²) in [7, 11) is 1.67. The van der Waals surface area contributed by atoms with Crippen molar-refractivity contribution in [1.29, 1.82) is 0 Å². The highest BCUT2D eigenvalue weighted by Crippen LogP contribution is 2.25. The summed E-state index contributed by atoms with van der Waals surface area (Å²) in [5, 5.41) is 6.67. The van der Waals surface area contributed by atoms with Crippen LogP contribution in [-0.4, -0.2) is 34.9 Å². The predicted molar refractivity (Wildman–Crippen MR) is 136 cm³/mol. The number of methoxy groups -OCH3 is 1. The number of rotatable bonds is 6. The van der Waals surface area contributed by atoms with Crippen LogP contribution in [0.2, 0.25) is 0 Å². The van der Waals surface area contributed by atoms with Gasteiger partial charge in [-0.25, -0.2) is 4.68 Å². The molecule has 2 heterocycles. The summed E-state index contributed by atoms with van der Waals surface area (Å²) in [5.41, 5.74) is 3.46. The lowest BCUT2D eigenvalue weighted by Gasteiger charge is -2.21. The fourth-order valence-electron chi connectivity index (χ4n) is 4.97. The van der Waals surface area contributed by atoms with Crippen molar-refractivity contribution >= 4 is 10.8 Å². The van der Waals surface area contributed by atoms with Crippen molar-refractivity contribution in [3.63, 3.8) is 0 Å². The number of hydrogen-bond acceptors (Lipinski definition) is 4. The van der Waals surface area contributed by atoms with Crippen LogP contribution in [0, 0.1) is 0 Å². The number of aromatic nitrogens is 2. The average Bonchev–Trinajstić information content (AvgIpc) is 3.12. The Morgan fingerprint density at radius 3 is 2.35 bits per heavy atom. The van der Waals surface area contributed by atoms with Crippen molar-refractivity contribution in [3.05, 3.63) is 106 Å². The van der Waals surface area contributed by atoms with Crippen molar-refractivity contribution in [3.8, 4) is 5.75 Å². The molecular weight excluding hydrogens is 422 g/mol. The number of fused-ring (bicyclic) bond motifs is 1. The Hall–Kier alpha value is -3.44. The Balaban J connectivity index is 1.42. The minimum Gasteiger partial charge on any atom is -0.497 e. The standard InChI is InChI=1S/C29H31N3O2/c1-34-25-15-13-22(14-16-25)20-28-26-11-5-6-12-27(26)29(33)32(30-28)24-10-7-18-31(19-17-24)21-23-8-3-2-4-9-23/h2-6,8-9,11-16,24H,7,10,17-21H2,1H3. The van der Waals surface area contributed by atoms with E-state index in [0.717, 1.165) is 66.7 Å². The van der Waals surface area contributed by atoms with Gasteiger partial charge < -0.3 is 4.74 Å². The van der Waals surface area contributed by atoms with Crippen molar-refractivity contribution in [2.75, 3.05) is 20.2 Å². The van der Waals surface area contributed by atoms with Crippen molar-refractivity contribution in [1.82, 2.24) is 14.7 Å². The van der Waals surface area contributed by atoms with E-state index in [2.05, 4.69) is 47.4 Å². The SMILES string of the molecule is COc1ccc(Cc2nn(C3CCCN(Cc4ccccc4)CC3)c(=O)c3ccccc23)cc1. The maximum Gasteiger partial charge on any atom is 0.274 e. The molecule has 34 heavy (non-hydrogen) atoms. The van der Waals surface area contributed by atoms with E-state index in [1.54, 1.807) is 11.8 Å². The van der Waals surface area contributed by atoms with Crippen LogP contribution in [0.5, 0.6) is 5.75 Å². The Kier molecular flexibility index (Phi) is 6.72. The third-order valence-corrected chi connectivity index (χ3v) is 6.82. The normalized spacial score (nSPS) is 16.9. The Morgan fingerprint density at radius 1 is 0.853 bits per heavy atom. The Bertz CT molecular complexity index is 1300. The molecule has 1 aromatic heterocycles. The van der Waals surface area contributed by atoms with E-state index in [9.17, 15) is 4.79 Å². The van der Waals surface area contributed by atoms with Crippen LogP contribution in [0.1, 0.15) is 42.1 Å². The zero-order chi connectivity index (χ0) is 23.3. The molecule has 0 spiro atoms. The molecule has 1 saturated heterocycles. The minimum atomic E-state index is 0.0237. The van der Waals surface area contributed by atoms with Crippen LogP contribution in [-0.2, 0) is 13.0 Å². The summed E-state index contributed by atoms with van der Waals surface area (Å²) in [4.78, 5) is 16.0. The molecule has 0 aliphatic carbocycles. The third kappa shape index (κ3) is 4.90. The molecule has 1 atom stereocenters. The number of ether oxygens (including phenoxy) is 1. The molecule has 0 N–H and O–H groups in total. The van der Waals surface area contributed by atoms with Crippen molar-refractivity contribution in [2.24, 2.45) is 0 Å². The highest BCUT2D eigenvalue weighted by Gasteiger charge is 2.22. The molecule has 0 saturated carbocycles. The van der Waals surface area contributed by atoms with E-state index in [1.165, 1.54) is 5.56 Å². The molecule has 0 bridgehead atoms. The zero-order valence-electron chi connectivity index (χ0n) is 19.7. The quantitative estimate of drug-likeness (QED) is 0.401. The largest absolute Gasteiger partial charge is 0.497 e. The van der Waals surface area contributed by atoms with E-state index >= 15 is 0 Å². The van der Waals surface area contributed by atoms with E-state index in [-0.39, 0.29) is 11.6 Å². The van der Waals surface area contributed by atoms with Crippen molar-refractivity contribution in [2.45, 2.75) is 38.3 Å². The van der Waals surface area contributed by atoms with Gasteiger partial charge in [-0.05, 0) is 55.1 Å². The number of nitrogens with zero attached hydrogens (tertiary/aromatic N) is 3. The van der Waals surface area contributed by atoms with Gasteiger partial charge in [0, 0.05) is 24.9 Å². The molecule has 5 nitrogen and oxygen atoms in total. The summed E-state index contributed by atoms with van der Waals surface area (Å²) in [6, 6.07) is 26.7. The number of hydrogen-bond donors (Lipinski definition) is 0. The topological polar surface area (TPSA) is 47.4 Å². The monoisotopic (exact) mass is 453 g/mol. The summed E-state index contributed by atoms with van der Waals surface area (Å²) in [6.45, 7) is 2.97. The van der Waals surface area contributed by atoms with Gasteiger partial charge in [0.1, 0.15) is 5.75 Å². The van der Waals surface area contributed by atoms with Gasteiger partial charge in [-0.1, -0.05) is 60.7 Å². The van der Waals surface area contributed by atoms with E-state index in [4.69, 9.17) is 9.84 Å². The molecular formula is C29H31N3O2. The lowest BCUT2D eigenvalue weighted by molar-refractivity contribution is 0.270. The number of benzene rings is 3. The molecule has 0 amide bonds. The molecule has 1 aliphatic heterocycles. The van der Waals surface area contributed by atoms with E-state index in [1.807, 2.05) is 36.4 Å². The molecule has 4 aromatic rings. The van der Waals surface area contributed by atoms with Crippen LogP contribution in [0.25, 0.3) is 10.8 Å². The van der Waals surface area contributed by atoms with Crippen LogP contribution < -0.4 is 10.3 Å². The van der Waals surface area contributed by atoms with Gasteiger partial charge in [0.2, 0.25) is 0 Å². The van der Waals surface area contributed by atoms with Crippen molar-refractivity contribution < 1.29 is 4.74 Å². The lowest BCUT2D eigenvalue weighted by atomic mass is 10.0.